The molecule has 16 heavy (non-hydrogen) atoms. The number of hydrogen-bond acceptors (Lipinski definition) is 2. The first-order chi connectivity index (χ1) is 7.50. The molecule has 0 amide bonds. The maximum Gasteiger partial charge on any atom is 0.263 e. The molecule has 0 radical (unpaired) electrons. The van der Waals surface area contributed by atoms with Gasteiger partial charge in [-0.05, 0) is 19.1 Å². The molecular weight excluding hydrogens is 214 g/mol. The number of hydrogen-bond donors (Lipinski definition) is 0. The Balaban J connectivity index is 2.83. The number of halogens is 2. The second-order valence-corrected chi connectivity index (χ2v) is 3.60. The summed E-state index contributed by atoms with van der Waals surface area (Å²) in [4.78, 5) is 16.0. The smallest absolute Gasteiger partial charge is 0.263 e. The van der Waals surface area contributed by atoms with Crippen molar-refractivity contribution >= 4 is 10.9 Å². The summed E-state index contributed by atoms with van der Waals surface area (Å²) in [6, 6.07) is 3.94. The van der Waals surface area contributed by atoms with E-state index in [2.05, 4.69) is 4.98 Å². The Morgan fingerprint density at radius 1 is 1.38 bits per heavy atom. The Bertz CT molecular complexity index is 605. The van der Waals surface area contributed by atoms with Gasteiger partial charge in [-0.3, -0.25) is 9.36 Å². The summed E-state index contributed by atoms with van der Waals surface area (Å²) in [6.07, 6.45) is -2.57. The highest BCUT2D eigenvalue weighted by molar-refractivity contribution is 5.78. The zero-order valence-electron chi connectivity index (χ0n) is 8.87. The molecule has 2 rings (SSSR count). The third-order valence-electron chi connectivity index (χ3n) is 2.58. The minimum absolute atomic E-state index is 0.157. The summed E-state index contributed by atoms with van der Waals surface area (Å²) in [5, 5.41) is 0.228. The molecule has 0 atom stereocenters. The van der Waals surface area contributed by atoms with Crippen molar-refractivity contribution in [1.82, 2.24) is 9.55 Å². The van der Waals surface area contributed by atoms with Crippen LogP contribution >= 0.6 is 0 Å². The molecule has 0 saturated carbocycles. The van der Waals surface area contributed by atoms with Gasteiger partial charge in [-0.25, -0.2) is 13.8 Å². The fraction of sp³-hybridized carbons (Fsp3) is 0.273. The van der Waals surface area contributed by atoms with Gasteiger partial charge >= 0.3 is 0 Å². The van der Waals surface area contributed by atoms with Crippen molar-refractivity contribution in [3.63, 3.8) is 0 Å². The van der Waals surface area contributed by atoms with E-state index < -0.39 is 6.43 Å². The van der Waals surface area contributed by atoms with Crippen LogP contribution in [0.1, 0.15) is 17.8 Å². The number of rotatable bonds is 1. The molecule has 3 nitrogen and oxygen atoms in total. The zero-order chi connectivity index (χ0) is 11.9. The first kappa shape index (κ1) is 10.7. The van der Waals surface area contributed by atoms with Crippen molar-refractivity contribution in [2.24, 2.45) is 7.05 Å². The topological polar surface area (TPSA) is 34.9 Å². The van der Waals surface area contributed by atoms with E-state index in [4.69, 9.17) is 0 Å². The fourth-order valence-corrected chi connectivity index (χ4v) is 1.54. The van der Waals surface area contributed by atoms with E-state index >= 15 is 0 Å². The molecule has 0 unspecified atom stereocenters. The molecule has 5 heteroatoms. The van der Waals surface area contributed by atoms with Crippen LogP contribution in [0.4, 0.5) is 8.78 Å². The summed E-state index contributed by atoms with van der Waals surface area (Å²) in [6.45, 7) is 1.70. The van der Waals surface area contributed by atoms with Crippen molar-refractivity contribution in [2.75, 3.05) is 0 Å². The Morgan fingerprint density at radius 2 is 2.06 bits per heavy atom. The van der Waals surface area contributed by atoms with Gasteiger partial charge in [-0.2, -0.15) is 0 Å². The predicted molar refractivity (Wildman–Crippen MR) is 56.7 cm³/mol. The lowest BCUT2D eigenvalue weighted by atomic mass is 10.1. The minimum Gasteiger partial charge on any atom is -0.299 e. The van der Waals surface area contributed by atoms with Crippen molar-refractivity contribution < 1.29 is 8.78 Å². The highest BCUT2D eigenvalue weighted by Crippen LogP contribution is 2.21. The highest BCUT2D eigenvalue weighted by Gasteiger charge is 2.11. The molecule has 0 fully saturated rings. The number of fused-ring (bicyclic) bond motifs is 1. The Hall–Kier alpha value is -1.78. The second kappa shape index (κ2) is 3.66. The van der Waals surface area contributed by atoms with Crippen molar-refractivity contribution in [3.8, 4) is 0 Å². The van der Waals surface area contributed by atoms with E-state index in [1.54, 1.807) is 14.0 Å². The van der Waals surface area contributed by atoms with Gasteiger partial charge < -0.3 is 0 Å². The first-order valence-corrected chi connectivity index (χ1v) is 4.76. The van der Waals surface area contributed by atoms with Crippen LogP contribution in [0.15, 0.2) is 23.0 Å². The van der Waals surface area contributed by atoms with Crippen LogP contribution < -0.4 is 5.56 Å². The van der Waals surface area contributed by atoms with E-state index in [-0.39, 0.29) is 16.5 Å². The van der Waals surface area contributed by atoms with E-state index in [9.17, 15) is 13.6 Å². The van der Waals surface area contributed by atoms with Gasteiger partial charge in [-0.1, -0.05) is 6.07 Å². The quantitative estimate of drug-likeness (QED) is 0.744. The van der Waals surface area contributed by atoms with Crippen LogP contribution in [0, 0.1) is 6.92 Å². The molecule has 0 bridgehead atoms. The zero-order valence-corrected chi connectivity index (χ0v) is 8.87. The molecule has 0 saturated heterocycles. The number of aromatic nitrogens is 2. The van der Waals surface area contributed by atoms with Crippen molar-refractivity contribution in [3.05, 3.63) is 39.9 Å². The monoisotopic (exact) mass is 224 g/mol. The Morgan fingerprint density at radius 3 is 2.69 bits per heavy atom. The van der Waals surface area contributed by atoms with Crippen LogP contribution in [0.5, 0.6) is 0 Å². The van der Waals surface area contributed by atoms with Gasteiger partial charge in [-0.15, -0.1) is 0 Å². The van der Waals surface area contributed by atoms with E-state index in [1.165, 1.54) is 22.8 Å². The molecule has 84 valence electrons. The van der Waals surface area contributed by atoms with Crippen LogP contribution in [0.25, 0.3) is 10.9 Å². The number of nitrogens with zero attached hydrogens (tertiary/aromatic N) is 2. The SMILES string of the molecule is Cc1nc2ccc(C(F)F)cc2c(=O)n1C. The average Bonchev–Trinajstić information content (AvgIpc) is 2.25. The predicted octanol–water partition coefficient (Wildman–Crippen LogP) is 2.18. The van der Waals surface area contributed by atoms with Crippen molar-refractivity contribution in [2.45, 2.75) is 13.3 Å². The summed E-state index contributed by atoms with van der Waals surface area (Å²) < 4.78 is 26.3. The van der Waals surface area contributed by atoms with Crippen LogP contribution in [0.3, 0.4) is 0 Å². The second-order valence-electron chi connectivity index (χ2n) is 3.60. The van der Waals surface area contributed by atoms with Crippen LogP contribution in [-0.2, 0) is 7.05 Å². The van der Waals surface area contributed by atoms with Gasteiger partial charge in [0.25, 0.3) is 12.0 Å². The molecule has 2 aromatic rings. The van der Waals surface area contributed by atoms with Crippen LogP contribution in [0.2, 0.25) is 0 Å². The first-order valence-electron chi connectivity index (χ1n) is 4.76. The van der Waals surface area contributed by atoms with Crippen LogP contribution in [-0.4, -0.2) is 9.55 Å². The lowest BCUT2D eigenvalue weighted by Gasteiger charge is -2.06. The van der Waals surface area contributed by atoms with E-state index in [0.717, 1.165) is 0 Å². The Labute approximate surface area is 90.3 Å². The lowest BCUT2D eigenvalue weighted by molar-refractivity contribution is 0.151. The molecule has 1 heterocycles. The van der Waals surface area contributed by atoms with Gasteiger partial charge in [0.15, 0.2) is 0 Å². The van der Waals surface area contributed by atoms with Crippen molar-refractivity contribution in [1.29, 1.82) is 0 Å². The summed E-state index contributed by atoms with van der Waals surface area (Å²) in [5.74, 6) is 0.558. The minimum atomic E-state index is -2.57. The number of alkyl halides is 2. The lowest BCUT2D eigenvalue weighted by Crippen LogP contribution is -2.20. The number of aryl methyl sites for hydroxylation is 1. The fourth-order valence-electron chi connectivity index (χ4n) is 1.54. The van der Waals surface area contributed by atoms with Gasteiger partial charge in [0, 0.05) is 12.6 Å². The van der Waals surface area contributed by atoms with E-state index in [0.29, 0.717) is 11.3 Å². The molecule has 0 aliphatic heterocycles. The standard InChI is InChI=1S/C11H10F2N2O/c1-6-14-9-4-3-7(10(12)13)5-8(9)11(16)15(6)2/h3-5,10H,1-2H3. The van der Waals surface area contributed by atoms with E-state index in [1.807, 2.05) is 0 Å². The third-order valence-corrected chi connectivity index (χ3v) is 2.58. The Kier molecular flexibility index (Phi) is 2.46. The average molecular weight is 224 g/mol. The third kappa shape index (κ3) is 1.58. The maximum atomic E-state index is 12.5. The molecule has 0 N–H and O–H groups in total. The molecule has 1 aromatic carbocycles. The number of benzene rings is 1. The maximum absolute atomic E-state index is 12.5. The molecule has 0 spiro atoms. The molecule has 1 aromatic heterocycles. The van der Waals surface area contributed by atoms with Gasteiger partial charge in [0.2, 0.25) is 0 Å². The molecule has 0 aliphatic rings. The summed E-state index contributed by atoms with van der Waals surface area (Å²) >= 11 is 0. The summed E-state index contributed by atoms with van der Waals surface area (Å²) in [7, 11) is 1.57. The highest BCUT2D eigenvalue weighted by atomic mass is 19.3. The van der Waals surface area contributed by atoms with Gasteiger partial charge in [0.05, 0.1) is 10.9 Å². The molecule has 0 aliphatic carbocycles. The normalized spacial score (nSPS) is 11.3. The molecular formula is C11H10F2N2O. The largest absolute Gasteiger partial charge is 0.299 e. The van der Waals surface area contributed by atoms with Gasteiger partial charge in [0.1, 0.15) is 5.82 Å². The summed E-state index contributed by atoms with van der Waals surface area (Å²) in [5.41, 5.74) is -0.00902.